The summed E-state index contributed by atoms with van der Waals surface area (Å²) in [5.74, 6) is -1.35. The van der Waals surface area contributed by atoms with Crippen LogP contribution in [0.1, 0.15) is 16.1 Å². The monoisotopic (exact) mass is 581 g/mol. The second-order valence-electron chi connectivity index (χ2n) is 7.01. The fourth-order valence-corrected chi connectivity index (χ4v) is 6.92. The van der Waals surface area contributed by atoms with Gasteiger partial charge in [-0.2, -0.15) is 5.10 Å². The molecule has 37 heavy (non-hydrogen) atoms. The third-order valence-corrected chi connectivity index (χ3v) is 9.93. The first-order valence-corrected chi connectivity index (χ1v) is 14.6. The quantitative estimate of drug-likeness (QED) is 0.143. The molecule has 17 heteroatoms. The molecule has 0 bridgehead atoms. The van der Waals surface area contributed by atoms with Gasteiger partial charge in [0.25, 0.3) is 26.0 Å². The van der Waals surface area contributed by atoms with Gasteiger partial charge in [-0.3, -0.25) is 24.4 Å². The van der Waals surface area contributed by atoms with E-state index >= 15 is 0 Å². The van der Waals surface area contributed by atoms with Gasteiger partial charge in [0.1, 0.15) is 13.3 Å². The van der Waals surface area contributed by atoms with Gasteiger partial charge >= 0.3 is 5.88 Å². The minimum atomic E-state index is -4.01. The highest BCUT2D eigenvalue weighted by molar-refractivity contribution is 7.95. The van der Waals surface area contributed by atoms with Gasteiger partial charge in [0.05, 0.1) is 23.7 Å². The Balaban J connectivity index is 1.61. The molecule has 3 N–H and O–H groups in total. The van der Waals surface area contributed by atoms with E-state index in [-0.39, 0.29) is 31.1 Å². The van der Waals surface area contributed by atoms with E-state index < -0.39 is 36.8 Å². The number of nitrogens with one attached hydrogen (secondary N) is 3. The van der Waals surface area contributed by atoms with Crippen molar-refractivity contribution in [1.82, 2.24) is 5.43 Å². The Morgan fingerprint density at radius 1 is 0.919 bits per heavy atom. The number of rotatable bonds is 10. The summed E-state index contributed by atoms with van der Waals surface area (Å²) in [7, 11) is -8.02. The lowest BCUT2D eigenvalue weighted by molar-refractivity contribution is -0.402. The van der Waals surface area contributed by atoms with Crippen LogP contribution in [-0.2, 0) is 20.0 Å². The number of nitrogens with zero attached hydrogens (tertiary/aromatic N) is 2. The number of furan rings is 1. The van der Waals surface area contributed by atoms with Crippen LogP contribution in [-0.4, -0.2) is 33.9 Å². The highest BCUT2D eigenvalue weighted by Gasteiger charge is 2.20. The molecular formula is C20H15N5O8S4. The number of benzene rings is 1. The van der Waals surface area contributed by atoms with Crippen LogP contribution in [0.3, 0.4) is 0 Å². The van der Waals surface area contributed by atoms with E-state index in [9.17, 15) is 31.7 Å². The van der Waals surface area contributed by atoms with Crippen molar-refractivity contribution < 1.29 is 31.0 Å². The van der Waals surface area contributed by atoms with Crippen LogP contribution in [0.15, 0.2) is 83.3 Å². The summed E-state index contributed by atoms with van der Waals surface area (Å²) in [5, 5.41) is 17.5. The lowest BCUT2D eigenvalue weighted by Crippen LogP contribution is -2.19. The SMILES string of the molecule is O=C(N/N=C/c1ccc([N+](=O)[O-])o1)c1cc(NS(=O)(=O)c2cccs2)cc(NS(=O)(=O)c2cccs2)c1. The molecule has 4 rings (SSSR count). The zero-order valence-electron chi connectivity index (χ0n) is 18.2. The molecule has 0 aliphatic rings. The first-order chi connectivity index (χ1) is 17.5. The number of anilines is 2. The molecule has 4 aromatic rings. The standard InChI is InChI=1S/C20H15N5O8S4/c26-20(22-21-12-16-5-6-17(33-16)25(27)28)13-9-14(23-36(29,30)18-3-1-7-34-18)11-15(10-13)24-37(31,32)19-4-2-8-35-19/h1-12,23-24H,(H,22,26)/b21-12+. The van der Waals surface area contributed by atoms with Crippen molar-refractivity contribution >= 4 is 72.1 Å². The van der Waals surface area contributed by atoms with Gasteiger partial charge in [-0.25, -0.2) is 22.3 Å². The normalized spacial score (nSPS) is 11.9. The van der Waals surface area contributed by atoms with Gasteiger partial charge < -0.3 is 4.42 Å². The highest BCUT2D eigenvalue weighted by Crippen LogP contribution is 2.27. The van der Waals surface area contributed by atoms with E-state index in [4.69, 9.17) is 4.42 Å². The fourth-order valence-electron chi connectivity index (χ4n) is 2.85. The Morgan fingerprint density at radius 2 is 1.49 bits per heavy atom. The topological polar surface area (TPSA) is 190 Å². The summed E-state index contributed by atoms with van der Waals surface area (Å²) in [5.41, 5.74) is 1.86. The van der Waals surface area contributed by atoms with E-state index in [0.717, 1.165) is 35.0 Å². The molecule has 3 heterocycles. The average molecular weight is 582 g/mol. The Labute approximate surface area is 217 Å². The largest absolute Gasteiger partial charge is 0.433 e. The first kappa shape index (κ1) is 26.0. The number of thiophene rings is 2. The zero-order valence-corrected chi connectivity index (χ0v) is 21.5. The number of hydrogen-bond acceptors (Lipinski definition) is 11. The molecule has 0 aliphatic heterocycles. The minimum Gasteiger partial charge on any atom is -0.400 e. The van der Waals surface area contributed by atoms with Crippen molar-refractivity contribution in [3.63, 3.8) is 0 Å². The van der Waals surface area contributed by atoms with Crippen LogP contribution < -0.4 is 14.9 Å². The molecule has 0 unspecified atom stereocenters. The predicted molar refractivity (Wildman–Crippen MR) is 137 cm³/mol. The Hall–Kier alpha value is -4.06. The predicted octanol–water partition coefficient (Wildman–Crippen LogP) is 3.68. The number of nitro groups is 1. The minimum absolute atomic E-state index is 0.00569. The number of sulfonamides is 2. The molecular weight excluding hydrogens is 567 g/mol. The number of amides is 1. The third kappa shape index (κ3) is 6.39. The van der Waals surface area contributed by atoms with E-state index in [1.807, 2.05) is 0 Å². The Bertz CT molecular complexity index is 1590. The number of carbonyl (C=O) groups is 1. The van der Waals surface area contributed by atoms with Gasteiger partial charge in [-0.15, -0.1) is 22.7 Å². The van der Waals surface area contributed by atoms with Crippen LogP contribution in [0.5, 0.6) is 0 Å². The van der Waals surface area contributed by atoms with Crippen LogP contribution in [0.2, 0.25) is 0 Å². The Kier molecular flexibility index (Phi) is 7.39. The zero-order chi connectivity index (χ0) is 26.6. The van der Waals surface area contributed by atoms with Crippen LogP contribution >= 0.6 is 22.7 Å². The molecule has 0 saturated carbocycles. The maximum Gasteiger partial charge on any atom is 0.433 e. The van der Waals surface area contributed by atoms with E-state index in [1.165, 1.54) is 36.4 Å². The maximum atomic E-state index is 12.7. The lowest BCUT2D eigenvalue weighted by atomic mass is 10.1. The van der Waals surface area contributed by atoms with Gasteiger partial charge in [0, 0.05) is 5.56 Å². The molecule has 3 aromatic heterocycles. The van der Waals surface area contributed by atoms with E-state index in [0.29, 0.717) is 0 Å². The summed E-state index contributed by atoms with van der Waals surface area (Å²) >= 11 is 1.95. The van der Waals surface area contributed by atoms with Gasteiger partial charge in [0.15, 0.2) is 5.76 Å². The molecule has 1 aromatic carbocycles. The molecule has 0 spiro atoms. The van der Waals surface area contributed by atoms with Crippen LogP contribution in [0.4, 0.5) is 17.3 Å². The van der Waals surface area contributed by atoms with Crippen LogP contribution in [0, 0.1) is 10.1 Å². The van der Waals surface area contributed by atoms with Crippen molar-refractivity contribution in [1.29, 1.82) is 0 Å². The van der Waals surface area contributed by atoms with E-state index in [1.54, 1.807) is 22.9 Å². The van der Waals surface area contributed by atoms with Crippen molar-refractivity contribution in [3.8, 4) is 0 Å². The molecule has 0 saturated heterocycles. The summed E-state index contributed by atoms with van der Waals surface area (Å²) < 4.78 is 60.3. The fraction of sp³-hybridized carbons (Fsp3) is 0. The number of carbonyl (C=O) groups excluding carboxylic acids is 1. The van der Waals surface area contributed by atoms with Crippen molar-refractivity contribution in [2.24, 2.45) is 5.10 Å². The Morgan fingerprint density at radius 3 is 1.95 bits per heavy atom. The molecule has 0 aliphatic carbocycles. The number of hydrazone groups is 1. The molecule has 0 atom stereocenters. The molecule has 192 valence electrons. The average Bonchev–Trinajstić information content (AvgIpc) is 3.61. The molecule has 13 nitrogen and oxygen atoms in total. The second-order valence-corrected chi connectivity index (χ2v) is 12.7. The first-order valence-electron chi connectivity index (χ1n) is 9.89. The summed E-state index contributed by atoms with van der Waals surface area (Å²) in [4.78, 5) is 22.7. The van der Waals surface area contributed by atoms with E-state index in [2.05, 4.69) is 20.0 Å². The van der Waals surface area contributed by atoms with Gasteiger partial charge in [-0.1, -0.05) is 12.1 Å². The third-order valence-electron chi connectivity index (χ3n) is 4.37. The van der Waals surface area contributed by atoms with Crippen molar-refractivity contribution in [2.75, 3.05) is 9.44 Å². The second kappa shape index (κ2) is 10.5. The molecule has 0 fully saturated rings. The maximum absolute atomic E-state index is 12.7. The highest BCUT2D eigenvalue weighted by atomic mass is 32.3. The van der Waals surface area contributed by atoms with Crippen molar-refractivity contribution in [3.05, 3.63) is 86.8 Å². The van der Waals surface area contributed by atoms with Crippen LogP contribution in [0.25, 0.3) is 0 Å². The summed E-state index contributed by atoms with van der Waals surface area (Å²) in [6.45, 7) is 0. The number of hydrogen-bond donors (Lipinski definition) is 3. The summed E-state index contributed by atoms with van der Waals surface area (Å²) in [6.07, 6.45) is 1.02. The molecule has 0 radical (unpaired) electrons. The van der Waals surface area contributed by atoms with Gasteiger partial charge in [0.2, 0.25) is 0 Å². The van der Waals surface area contributed by atoms with Gasteiger partial charge in [-0.05, 0) is 47.2 Å². The summed E-state index contributed by atoms with van der Waals surface area (Å²) in [6, 6.07) is 11.9. The lowest BCUT2D eigenvalue weighted by Gasteiger charge is -2.12. The van der Waals surface area contributed by atoms with Crippen molar-refractivity contribution in [2.45, 2.75) is 8.42 Å². The smallest absolute Gasteiger partial charge is 0.400 e. The molecule has 1 amide bonds.